The number of aliphatic hydroxyl groups is 1. The van der Waals surface area contributed by atoms with E-state index in [1.807, 2.05) is 48.5 Å². The molecular formula is C25H31NO4. The summed E-state index contributed by atoms with van der Waals surface area (Å²) in [5.41, 5.74) is 0.926. The number of rotatable bonds is 7. The van der Waals surface area contributed by atoms with Gasteiger partial charge in [0.1, 0.15) is 0 Å². The van der Waals surface area contributed by atoms with Crippen molar-refractivity contribution in [3.05, 3.63) is 65.7 Å². The Morgan fingerprint density at radius 2 is 1.83 bits per heavy atom. The number of amides is 1. The number of ether oxygens (including phenoxy) is 2. The SMILES string of the molecule is COc1cc(/C=C/C(=O)N2CCC(O)(c3ccccc3)CC2)ccc1OCC(C)C. The van der Waals surface area contributed by atoms with Crippen molar-refractivity contribution in [1.29, 1.82) is 0 Å². The van der Waals surface area contributed by atoms with Crippen LogP contribution in [0.4, 0.5) is 0 Å². The molecule has 160 valence electrons. The number of likely N-dealkylation sites (tertiary alicyclic amines) is 1. The minimum Gasteiger partial charge on any atom is -0.493 e. The summed E-state index contributed by atoms with van der Waals surface area (Å²) in [4.78, 5) is 14.4. The van der Waals surface area contributed by atoms with E-state index >= 15 is 0 Å². The molecule has 0 atom stereocenters. The predicted octanol–water partition coefficient (Wildman–Crippen LogP) is 4.25. The first-order valence-corrected chi connectivity index (χ1v) is 10.5. The Labute approximate surface area is 178 Å². The molecule has 2 aromatic carbocycles. The largest absolute Gasteiger partial charge is 0.493 e. The van der Waals surface area contributed by atoms with Crippen LogP contribution in [-0.4, -0.2) is 42.7 Å². The van der Waals surface area contributed by atoms with Crippen molar-refractivity contribution in [3.63, 3.8) is 0 Å². The molecule has 5 nitrogen and oxygen atoms in total. The quantitative estimate of drug-likeness (QED) is 0.695. The number of piperidine rings is 1. The number of carbonyl (C=O) groups excluding carboxylic acids is 1. The smallest absolute Gasteiger partial charge is 0.246 e. The number of hydrogen-bond acceptors (Lipinski definition) is 4. The third kappa shape index (κ3) is 5.42. The van der Waals surface area contributed by atoms with E-state index in [0.717, 1.165) is 11.1 Å². The Kier molecular flexibility index (Phi) is 7.16. The van der Waals surface area contributed by atoms with Crippen molar-refractivity contribution in [1.82, 2.24) is 4.90 Å². The molecule has 1 N–H and O–H groups in total. The summed E-state index contributed by atoms with van der Waals surface area (Å²) >= 11 is 0. The summed E-state index contributed by atoms with van der Waals surface area (Å²) in [5, 5.41) is 10.9. The monoisotopic (exact) mass is 409 g/mol. The van der Waals surface area contributed by atoms with Crippen LogP contribution in [0.5, 0.6) is 11.5 Å². The molecule has 0 unspecified atom stereocenters. The van der Waals surface area contributed by atoms with E-state index in [-0.39, 0.29) is 5.91 Å². The van der Waals surface area contributed by atoms with Gasteiger partial charge in [0.05, 0.1) is 19.3 Å². The number of nitrogens with zero attached hydrogens (tertiary/aromatic N) is 1. The van der Waals surface area contributed by atoms with Crippen molar-refractivity contribution in [2.45, 2.75) is 32.3 Å². The lowest BCUT2D eigenvalue weighted by atomic mass is 9.84. The number of carbonyl (C=O) groups is 1. The highest BCUT2D eigenvalue weighted by molar-refractivity contribution is 5.92. The number of hydrogen-bond donors (Lipinski definition) is 1. The predicted molar refractivity (Wildman–Crippen MR) is 119 cm³/mol. The molecule has 0 aliphatic carbocycles. The average Bonchev–Trinajstić information content (AvgIpc) is 2.77. The molecule has 0 spiro atoms. The van der Waals surface area contributed by atoms with Gasteiger partial charge in [0.15, 0.2) is 11.5 Å². The molecule has 1 amide bonds. The second-order valence-electron chi connectivity index (χ2n) is 8.17. The van der Waals surface area contributed by atoms with E-state index in [0.29, 0.717) is 50.0 Å². The minimum atomic E-state index is -0.860. The third-order valence-corrected chi connectivity index (χ3v) is 5.39. The van der Waals surface area contributed by atoms with E-state index in [1.165, 1.54) is 0 Å². The second kappa shape index (κ2) is 9.81. The summed E-state index contributed by atoms with van der Waals surface area (Å²) in [5.74, 6) is 1.72. The van der Waals surface area contributed by atoms with Gasteiger partial charge < -0.3 is 19.5 Å². The van der Waals surface area contributed by atoms with Gasteiger partial charge in [0.2, 0.25) is 5.91 Å². The summed E-state index contributed by atoms with van der Waals surface area (Å²) in [6.07, 6.45) is 4.43. The summed E-state index contributed by atoms with van der Waals surface area (Å²) in [6, 6.07) is 15.3. The zero-order valence-electron chi connectivity index (χ0n) is 18.0. The van der Waals surface area contributed by atoms with E-state index < -0.39 is 5.60 Å². The molecular weight excluding hydrogens is 378 g/mol. The normalized spacial score (nSPS) is 16.1. The van der Waals surface area contributed by atoms with Crippen LogP contribution in [0.2, 0.25) is 0 Å². The second-order valence-corrected chi connectivity index (χ2v) is 8.17. The Morgan fingerprint density at radius 1 is 1.13 bits per heavy atom. The molecule has 1 aliphatic heterocycles. The van der Waals surface area contributed by atoms with E-state index in [4.69, 9.17) is 9.47 Å². The highest BCUT2D eigenvalue weighted by atomic mass is 16.5. The third-order valence-electron chi connectivity index (χ3n) is 5.39. The minimum absolute atomic E-state index is 0.0517. The Morgan fingerprint density at radius 3 is 2.47 bits per heavy atom. The van der Waals surface area contributed by atoms with Crippen LogP contribution in [-0.2, 0) is 10.4 Å². The Bertz CT molecular complexity index is 868. The highest BCUT2D eigenvalue weighted by Gasteiger charge is 2.34. The van der Waals surface area contributed by atoms with Crippen molar-refractivity contribution >= 4 is 12.0 Å². The van der Waals surface area contributed by atoms with Crippen molar-refractivity contribution in [3.8, 4) is 11.5 Å². The van der Waals surface area contributed by atoms with Gasteiger partial charge in [-0.05, 0) is 48.1 Å². The zero-order valence-corrected chi connectivity index (χ0v) is 18.0. The molecule has 1 fully saturated rings. The molecule has 2 aromatic rings. The molecule has 3 rings (SSSR count). The molecule has 1 saturated heterocycles. The fraction of sp³-hybridized carbons (Fsp3) is 0.400. The standard InChI is InChI=1S/C25H31NO4/c1-19(2)18-30-22-11-9-20(17-23(22)29-3)10-12-24(27)26-15-13-25(28,14-16-26)21-7-5-4-6-8-21/h4-12,17,19,28H,13-16,18H2,1-3H3/b12-10+. The van der Waals surface area contributed by atoms with Crippen LogP contribution in [0.1, 0.15) is 37.8 Å². The van der Waals surface area contributed by atoms with Gasteiger partial charge >= 0.3 is 0 Å². The van der Waals surface area contributed by atoms with Crippen LogP contribution >= 0.6 is 0 Å². The lowest BCUT2D eigenvalue weighted by Gasteiger charge is -2.38. The first-order valence-electron chi connectivity index (χ1n) is 10.5. The highest BCUT2D eigenvalue weighted by Crippen LogP contribution is 2.33. The Balaban J connectivity index is 1.60. The first-order chi connectivity index (χ1) is 14.4. The van der Waals surface area contributed by atoms with Gasteiger partial charge in [-0.2, -0.15) is 0 Å². The molecule has 0 aromatic heterocycles. The lowest BCUT2D eigenvalue weighted by Crippen LogP contribution is -2.44. The van der Waals surface area contributed by atoms with E-state index in [2.05, 4.69) is 13.8 Å². The molecule has 0 radical (unpaired) electrons. The van der Waals surface area contributed by atoms with Crippen molar-refractivity contribution in [2.75, 3.05) is 26.8 Å². The number of methoxy groups -OCH3 is 1. The maximum Gasteiger partial charge on any atom is 0.246 e. The van der Waals surface area contributed by atoms with E-state index in [1.54, 1.807) is 24.2 Å². The fourth-order valence-electron chi connectivity index (χ4n) is 3.57. The van der Waals surface area contributed by atoms with Crippen LogP contribution in [0.3, 0.4) is 0 Å². The van der Waals surface area contributed by atoms with Gasteiger partial charge in [-0.1, -0.05) is 50.2 Å². The molecule has 1 heterocycles. The molecule has 5 heteroatoms. The fourth-order valence-corrected chi connectivity index (χ4v) is 3.57. The van der Waals surface area contributed by atoms with Crippen LogP contribution < -0.4 is 9.47 Å². The maximum absolute atomic E-state index is 12.6. The van der Waals surface area contributed by atoms with Crippen LogP contribution in [0.25, 0.3) is 6.08 Å². The van der Waals surface area contributed by atoms with E-state index in [9.17, 15) is 9.90 Å². The van der Waals surface area contributed by atoms with Gasteiger partial charge in [-0.15, -0.1) is 0 Å². The number of benzene rings is 2. The van der Waals surface area contributed by atoms with Crippen LogP contribution in [0.15, 0.2) is 54.6 Å². The topological polar surface area (TPSA) is 59.0 Å². The molecule has 0 saturated carbocycles. The van der Waals surface area contributed by atoms with Crippen molar-refractivity contribution < 1.29 is 19.4 Å². The van der Waals surface area contributed by atoms with Crippen molar-refractivity contribution in [2.24, 2.45) is 5.92 Å². The van der Waals surface area contributed by atoms with Gasteiger partial charge in [-0.25, -0.2) is 0 Å². The Hall–Kier alpha value is -2.79. The molecule has 1 aliphatic rings. The summed E-state index contributed by atoms with van der Waals surface area (Å²) in [7, 11) is 1.61. The van der Waals surface area contributed by atoms with Gasteiger partial charge in [0, 0.05) is 19.2 Å². The van der Waals surface area contributed by atoms with Crippen LogP contribution in [0, 0.1) is 5.92 Å². The summed E-state index contributed by atoms with van der Waals surface area (Å²) < 4.78 is 11.2. The zero-order chi connectivity index (χ0) is 21.6. The molecule has 0 bridgehead atoms. The first kappa shape index (κ1) is 21.9. The maximum atomic E-state index is 12.6. The van der Waals surface area contributed by atoms with Gasteiger partial charge in [0.25, 0.3) is 0 Å². The van der Waals surface area contributed by atoms with Gasteiger partial charge in [-0.3, -0.25) is 4.79 Å². The molecule has 30 heavy (non-hydrogen) atoms. The lowest BCUT2D eigenvalue weighted by molar-refractivity contribution is -0.130. The average molecular weight is 410 g/mol. The summed E-state index contributed by atoms with van der Waals surface area (Å²) in [6.45, 7) is 5.86.